The number of nitrogens with zero attached hydrogens (tertiary/aromatic N) is 1. The molecule has 3 nitrogen and oxygen atoms in total. The molecule has 5 aliphatic carbocycles. The zero-order chi connectivity index (χ0) is 27.1. The highest BCUT2D eigenvalue weighted by atomic mass is 16.3. The largest absolute Gasteiger partial charge is 0.396 e. The lowest BCUT2D eigenvalue weighted by atomic mass is 9.32. The van der Waals surface area contributed by atoms with Gasteiger partial charge in [-0.05, 0) is 126 Å². The summed E-state index contributed by atoms with van der Waals surface area (Å²) in [5.74, 6) is 3.06. The summed E-state index contributed by atoms with van der Waals surface area (Å²) in [5.41, 5.74) is 2.41. The third-order valence-corrected chi connectivity index (χ3v) is 14.6. The number of aliphatic hydroxyl groups is 2. The van der Waals surface area contributed by atoms with E-state index in [1.165, 1.54) is 56.9 Å². The van der Waals surface area contributed by atoms with Gasteiger partial charge >= 0.3 is 0 Å². The van der Waals surface area contributed by atoms with Gasteiger partial charge in [-0.15, -0.1) is 0 Å². The summed E-state index contributed by atoms with van der Waals surface area (Å²) in [6.07, 6.45) is 16.3. The summed E-state index contributed by atoms with van der Waals surface area (Å²) in [7, 11) is 0. The lowest BCUT2D eigenvalue weighted by molar-refractivity contribution is -0.689. The molecule has 6 rings (SSSR count). The van der Waals surface area contributed by atoms with E-state index in [9.17, 15) is 10.2 Å². The number of allylic oxidation sites excluding steroid dienone is 1. The molecule has 1 heterocycles. The summed E-state index contributed by atoms with van der Waals surface area (Å²) in [4.78, 5) is 0. The highest BCUT2D eigenvalue weighted by molar-refractivity contribution is 5.21. The van der Waals surface area contributed by atoms with Crippen molar-refractivity contribution in [1.29, 1.82) is 0 Å². The van der Waals surface area contributed by atoms with Crippen LogP contribution in [-0.4, -0.2) is 22.9 Å². The molecular weight excluding hydrogens is 466 g/mol. The number of rotatable bonds is 4. The maximum absolute atomic E-state index is 11.0. The minimum absolute atomic E-state index is 0.00802. The molecule has 5 fully saturated rings. The van der Waals surface area contributed by atoms with Gasteiger partial charge in [0, 0.05) is 18.7 Å². The van der Waals surface area contributed by atoms with Gasteiger partial charge < -0.3 is 10.2 Å². The summed E-state index contributed by atoms with van der Waals surface area (Å²) in [6.45, 7) is 18.6. The van der Waals surface area contributed by atoms with Gasteiger partial charge in [-0.2, -0.15) is 0 Å². The molecule has 0 spiro atoms. The number of fused-ring (bicyclic) bond motifs is 7. The van der Waals surface area contributed by atoms with Crippen LogP contribution < -0.4 is 4.57 Å². The molecule has 2 N–H and O–H groups in total. The normalized spacial score (nSPS) is 49.3. The highest BCUT2D eigenvalue weighted by Gasteiger charge is 2.70. The number of hydrogen-bond acceptors (Lipinski definition) is 2. The molecule has 210 valence electrons. The van der Waals surface area contributed by atoms with Gasteiger partial charge in [-0.3, -0.25) is 0 Å². The lowest BCUT2D eigenvalue weighted by Gasteiger charge is -2.73. The van der Waals surface area contributed by atoms with Gasteiger partial charge in [0.05, 0.1) is 6.10 Å². The van der Waals surface area contributed by atoms with Gasteiger partial charge in [0.1, 0.15) is 0 Å². The molecule has 5 aliphatic rings. The monoisotopic (exact) mass is 520 g/mol. The maximum atomic E-state index is 11.0. The van der Waals surface area contributed by atoms with E-state index in [4.69, 9.17) is 6.58 Å². The number of pyridine rings is 1. The predicted molar refractivity (Wildman–Crippen MR) is 153 cm³/mol. The van der Waals surface area contributed by atoms with Crippen molar-refractivity contribution in [2.75, 3.05) is 6.61 Å². The van der Waals surface area contributed by atoms with Gasteiger partial charge in [0.2, 0.25) is 0 Å². The second-order valence-electron chi connectivity index (χ2n) is 15.9. The van der Waals surface area contributed by atoms with Crippen molar-refractivity contribution in [3.05, 3.63) is 42.7 Å². The van der Waals surface area contributed by atoms with Gasteiger partial charge in [0.25, 0.3) is 0 Å². The molecule has 3 heteroatoms. The molecule has 38 heavy (non-hydrogen) atoms. The molecular formula is C35H54NO2+. The van der Waals surface area contributed by atoms with E-state index in [-0.39, 0.29) is 16.9 Å². The predicted octanol–water partition coefficient (Wildman–Crippen LogP) is 6.97. The molecule has 0 radical (unpaired) electrons. The average Bonchev–Trinajstić information content (AvgIpc) is 3.28. The topological polar surface area (TPSA) is 44.3 Å². The molecule has 0 amide bonds. The van der Waals surface area contributed by atoms with Crippen LogP contribution in [0.4, 0.5) is 0 Å². The van der Waals surface area contributed by atoms with Crippen LogP contribution in [0.3, 0.4) is 0 Å². The number of aliphatic hydroxyl groups excluding tert-OH is 2. The van der Waals surface area contributed by atoms with Gasteiger partial charge in [-0.1, -0.05) is 47.3 Å². The van der Waals surface area contributed by atoms with Crippen molar-refractivity contribution in [2.45, 2.75) is 111 Å². The molecule has 5 saturated carbocycles. The molecule has 0 bridgehead atoms. The Hall–Kier alpha value is -1.19. The molecule has 1 aromatic rings. The van der Waals surface area contributed by atoms with Crippen LogP contribution in [0.15, 0.2) is 42.7 Å². The van der Waals surface area contributed by atoms with Crippen LogP contribution in [0, 0.1) is 56.7 Å². The molecule has 0 aromatic carbocycles. The fraction of sp³-hybridized carbons (Fsp3) is 0.800. The first-order valence-corrected chi connectivity index (χ1v) is 15.8. The summed E-state index contributed by atoms with van der Waals surface area (Å²) in [5, 5.41) is 21.9. The van der Waals surface area contributed by atoms with Gasteiger partial charge in [-0.25, -0.2) is 4.57 Å². The Morgan fingerprint density at radius 3 is 2.26 bits per heavy atom. The highest BCUT2D eigenvalue weighted by Crippen LogP contribution is 2.77. The third kappa shape index (κ3) is 3.49. The van der Waals surface area contributed by atoms with Crippen molar-refractivity contribution in [1.82, 2.24) is 0 Å². The molecule has 10 atom stereocenters. The van der Waals surface area contributed by atoms with Crippen molar-refractivity contribution in [2.24, 2.45) is 56.7 Å². The quantitative estimate of drug-likeness (QED) is 0.333. The van der Waals surface area contributed by atoms with E-state index in [0.717, 1.165) is 25.3 Å². The Labute approximate surface area is 232 Å². The Morgan fingerprint density at radius 1 is 0.816 bits per heavy atom. The standard InChI is InChI=1S/C35H54NO2/c1-24(22-36-20-8-7-9-21-36)25-12-17-35(23-37)19-18-33(5)26(30(25)35)10-11-28-32(4)15-14-29(38)31(2,3)27(32)13-16-34(28,33)6/h7-9,20-21,25-30,37-38H,1,10-19,22-23H2,2-6H3/q+1/t25-,26?,27?,28?,29-,30?,32-,33+,34+,35+/m0/s1. The number of aromatic nitrogens is 1. The Morgan fingerprint density at radius 2 is 1.55 bits per heavy atom. The minimum Gasteiger partial charge on any atom is -0.396 e. The van der Waals surface area contributed by atoms with E-state index in [0.29, 0.717) is 46.5 Å². The fourth-order valence-electron chi connectivity index (χ4n) is 12.3. The van der Waals surface area contributed by atoms with Crippen LogP contribution >= 0.6 is 0 Å². The minimum atomic E-state index is -0.163. The first-order valence-electron chi connectivity index (χ1n) is 15.8. The van der Waals surface area contributed by atoms with E-state index >= 15 is 0 Å². The maximum Gasteiger partial charge on any atom is 0.169 e. The zero-order valence-electron chi connectivity index (χ0n) is 24.9. The van der Waals surface area contributed by atoms with E-state index in [2.05, 4.69) is 69.8 Å². The van der Waals surface area contributed by atoms with Crippen molar-refractivity contribution >= 4 is 0 Å². The number of hydrogen-bond donors (Lipinski definition) is 2. The molecule has 0 saturated heterocycles. The second-order valence-corrected chi connectivity index (χ2v) is 15.9. The molecule has 0 aliphatic heterocycles. The van der Waals surface area contributed by atoms with Gasteiger partial charge in [0.15, 0.2) is 18.9 Å². The summed E-state index contributed by atoms with van der Waals surface area (Å²) >= 11 is 0. The molecule has 1 aromatic heterocycles. The van der Waals surface area contributed by atoms with Crippen LogP contribution in [0.1, 0.15) is 98.8 Å². The summed E-state index contributed by atoms with van der Waals surface area (Å²) < 4.78 is 2.28. The Balaban J connectivity index is 1.34. The zero-order valence-corrected chi connectivity index (χ0v) is 24.9. The van der Waals surface area contributed by atoms with Crippen molar-refractivity contribution in [3.63, 3.8) is 0 Å². The van der Waals surface area contributed by atoms with E-state index in [1.54, 1.807) is 0 Å². The van der Waals surface area contributed by atoms with Crippen molar-refractivity contribution in [3.8, 4) is 0 Å². The van der Waals surface area contributed by atoms with E-state index < -0.39 is 0 Å². The van der Waals surface area contributed by atoms with E-state index in [1.807, 2.05) is 0 Å². The average molecular weight is 521 g/mol. The smallest absolute Gasteiger partial charge is 0.169 e. The summed E-state index contributed by atoms with van der Waals surface area (Å²) in [6, 6.07) is 6.31. The lowest BCUT2D eigenvalue weighted by Crippen LogP contribution is -2.66. The first-order chi connectivity index (χ1) is 17.9. The van der Waals surface area contributed by atoms with Crippen LogP contribution in [0.5, 0.6) is 0 Å². The van der Waals surface area contributed by atoms with Crippen molar-refractivity contribution < 1.29 is 14.8 Å². The third-order valence-electron chi connectivity index (χ3n) is 14.6. The molecule has 4 unspecified atom stereocenters. The Kier molecular flexibility index (Phi) is 6.33. The van der Waals surface area contributed by atoms with Crippen LogP contribution in [0.25, 0.3) is 0 Å². The SMILES string of the molecule is C=C(C[n+]1ccccc1)[C@@H]1CC[C@]2(CO)CC[C@]3(C)C(CCC4[C@@]5(C)CC[C@H](O)C(C)(C)C5CC[C@]43C)C12. The Bertz CT molecular complexity index is 1070. The first kappa shape index (κ1) is 27.0. The van der Waals surface area contributed by atoms with Crippen LogP contribution in [-0.2, 0) is 6.54 Å². The second kappa shape index (κ2) is 8.90. The fourth-order valence-corrected chi connectivity index (χ4v) is 12.3. The van der Waals surface area contributed by atoms with Crippen LogP contribution in [0.2, 0.25) is 0 Å².